The van der Waals surface area contributed by atoms with E-state index in [1.165, 1.54) is 86.9 Å². The summed E-state index contributed by atoms with van der Waals surface area (Å²) in [6.45, 7) is 0. The zero-order valence-electron chi connectivity index (χ0n) is 38.2. The van der Waals surface area contributed by atoms with Crippen molar-refractivity contribution in [3.63, 3.8) is 0 Å². The fourth-order valence-electron chi connectivity index (χ4n) is 11.7. The number of hydrogen-bond donors (Lipinski definition) is 0. The largest absolute Gasteiger partial charge is 0.310 e. The molecule has 11 aromatic carbocycles. The van der Waals surface area contributed by atoms with Gasteiger partial charge in [0.25, 0.3) is 0 Å². The highest BCUT2D eigenvalue weighted by Crippen LogP contribution is 2.68. The number of nitrogens with zero attached hydrogens (tertiary/aromatic N) is 2. The maximum atomic E-state index is 2.48. The summed E-state index contributed by atoms with van der Waals surface area (Å²) in [6.07, 6.45) is 0. The van der Waals surface area contributed by atoms with E-state index in [1.54, 1.807) is 0 Å². The molecule has 14 rings (SSSR count). The molecule has 0 bridgehead atoms. The minimum absolute atomic E-state index is 0.619. The summed E-state index contributed by atoms with van der Waals surface area (Å²) in [5, 5.41) is 2.63. The molecule has 70 heavy (non-hydrogen) atoms. The van der Waals surface area contributed by atoms with Crippen molar-refractivity contribution < 1.29 is 0 Å². The van der Waals surface area contributed by atoms with E-state index in [4.69, 9.17) is 0 Å². The number of fused-ring (bicyclic) bond motifs is 14. The van der Waals surface area contributed by atoms with Crippen LogP contribution in [0, 0.1) is 0 Å². The highest BCUT2D eigenvalue weighted by atomic mass is 32.1. The molecule has 12 aromatic rings. The molecule has 1 spiro atoms. The first-order chi connectivity index (χ1) is 34.8. The molecule has 2 aliphatic rings. The van der Waals surface area contributed by atoms with Crippen molar-refractivity contribution in [1.82, 2.24) is 0 Å². The van der Waals surface area contributed by atoms with Crippen molar-refractivity contribution >= 4 is 65.6 Å². The van der Waals surface area contributed by atoms with Crippen LogP contribution in [0.3, 0.4) is 0 Å². The Balaban J connectivity index is 1.08. The van der Waals surface area contributed by atoms with Gasteiger partial charge >= 0.3 is 0 Å². The fourth-order valence-corrected chi connectivity index (χ4v) is 13.0. The van der Waals surface area contributed by atoms with E-state index in [-0.39, 0.29) is 0 Å². The van der Waals surface area contributed by atoms with Crippen LogP contribution < -0.4 is 9.80 Å². The zero-order chi connectivity index (χ0) is 46.2. The standard InChI is InChI=1S/C67H44N2S/c1-5-19-45(20-6-1)47-35-39-51(40-36-47)68(49-23-9-3-10-24-49)60-32-17-30-57-64(60)65-58(67(57)56-29-15-13-28-55(56)63-59(67)44-43-54-53-27-14-16-34-62(53)70-66(54)63)31-18-33-61(65)69(50-25-11-4-12-26-50)52-41-37-48(38-42-52)46-21-7-2-8-22-46/h1-44H. The number of hydrogen-bond acceptors (Lipinski definition) is 3. The Morgan fingerprint density at radius 2 is 0.686 bits per heavy atom. The summed E-state index contributed by atoms with van der Waals surface area (Å²) < 4.78 is 2.66. The Kier molecular flexibility index (Phi) is 9.33. The minimum Gasteiger partial charge on any atom is -0.310 e. The van der Waals surface area contributed by atoms with Gasteiger partial charge in [0, 0.05) is 59.6 Å². The van der Waals surface area contributed by atoms with Gasteiger partial charge in [-0.3, -0.25) is 0 Å². The Morgan fingerprint density at radius 3 is 1.23 bits per heavy atom. The summed E-state index contributed by atoms with van der Waals surface area (Å²) >= 11 is 1.92. The van der Waals surface area contributed by atoms with E-state index >= 15 is 0 Å². The van der Waals surface area contributed by atoms with Crippen LogP contribution in [0.2, 0.25) is 0 Å². The van der Waals surface area contributed by atoms with Gasteiger partial charge in [-0.2, -0.15) is 0 Å². The minimum atomic E-state index is -0.619. The Hall–Kier alpha value is -8.76. The molecule has 3 heteroatoms. The van der Waals surface area contributed by atoms with E-state index in [0.29, 0.717) is 0 Å². The van der Waals surface area contributed by atoms with Gasteiger partial charge in [0.05, 0.1) is 16.8 Å². The molecule has 0 amide bonds. The predicted molar refractivity (Wildman–Crippen MR) is 296 cm³/mol. The molecule has 0 atom stereocenters. The Bertz CT molecular complexity index is 3740. The monoisotopic (exact) mass is 908 g/mol. The zero-order valence-corrected chi connectivity index (χ0v) is 39.0. The lowest BCUT2D eigenvalue weighted by molar-refractivity contribution is 0.794. The quantitative estimate of drug-likeness (QED) is 0.150. The third-order valence-electron chi connectivity index (χ3n) is 14.7. The van der Waals surface area contributed by atoms with Gasteiger partial charge < -0.3 is 9.80 Å². The third kappa shape index (κ3) is 6.05. The molecule has 0 N–H and O–H groups in total. The summed E-state index contributed by atoms with van der Waals surface area (Å²) in [6, 6.07) is 98.5. The van der Waals surface area contributed by atoms with Gasteiger partial charge in [0.2, 0.25) is 0 Å². The van der Waals surface area contributed by atoms with Crippen LogP contribution in [0.1, 0.15) is 22.3 Å². The normalized spacial score (nSPS) is 12.7. The number of para-hydroxylation sites is 2. The first-order valence-corrected chi connectivity index (χ1v) is 24.9. The van der Waals surface area contributed by atoms with Crippen molar-refractivity contribution in [3.05, 3.63) is 289 Å². The van der Waals surface area contributed by atoms with Crippen molar-refractivity contribution in [3.8, 4) is 44.5 Å². The van der Waals surface area contributed by atoms with Gasteiger partial charge in [-0.15, -0.1) is 11.3 Å². The summed E-state index contributed by atoms with van der Waals surface area (Å²) in [7, 11) is 0. The van der Waals surface area contributed by atoms with E-state index in [9.17, 15) is 0 Å². The highest BCUT2D eigenvalue weighted by Gasteiger charge is 2.54. The molecule has 0 fully saturated rings. The topological polar surface area (TPSA) is 6.48 Å². The van der Waals surface area contributed by atoms with Gasteiger partial charge in [-0.05, 0) is 117 Å². The summed E-state index contributed by atoms with van der Waals surface area (Å²) in [4.78, 5) is 4.96. The van der Waals surface area contributed by atoms with E-state index < -0.39 is 5.41 Å². The number of anilines is 6. The number of thiophene rings is 1. The van der Waals surface area contributed by atoms with Crippen LogP contribution in [-0.2, 0) is 5.41 Å². The van der Waals surface area contributed by atoms with Crippen molar-refractivity contribution in [2.45, 2.75) is 5.41 Å². The van der Waals surface area contributed by atoms with Gasteiger partial charge in [0.1, 0.15) is 0 Å². The lowest BCUT2D eigenvalue weighted by Gasteiger charge is -2.32. The van der Waals surface area contributed by atoms with Crippen LogP contribution >= 0.6 is 11.3 Å². The molecular weight excluding hydrogens is 865 g/mol. The van der Waals surface area contributed by atoms with E-state index in [2.05, 4.69) is 277 Å². The van der Waals surface area contributed by atoms with Crippen LogP contribution in [-0.4, -0.2) is 0 Å². The average molecular weight is 909 g/mol. The van der Waals surface area contributed by atoms with Crippen molar-refractivity contribution in [1.29, 1.82) is 0 Å². The predicted octanol–water partition coefficient (Wildman–Crippen LogP) is 18.7. The molecule has 1 aromatic heterocycles. The average Bonchev–Trinajstić information content (AvgIpc) is 4.07. The van der Waals surface area contributed by atoms with Crippen LogP contribution in [0.25, 0.3) is 64.7 Å². The molecule has 0 saturated heterocycles. The molecular formula is C67H44N2S. The van der Waals surface area contributed by atoms with Gasteiger partial charge in [0.15, 0.2) is 0 Å². The third-order valence-corrected chi connectivity index (χ3v) is 15.9. The number of rotatable bonds is 8. The smallest absolute Gasteiger partial charge is 0.0727 e. The van der Waals surface area contributed by atoms with Crippen molar-refractivity contribution in [2.75, 3.05) is 9.80 Å². The molecule has 0 radical (unpaired) electrons. The molecule has 0 saturated carbocycles. The molecule has 2 aliphatic carbocycles. The SMILES string of the molecule is c1ccc(-c2ccc(N(c3ccccc3)c3cccc4c3-c3c(N(c5ccccc5)c5ccc(-c6ccccc6)cc5)cccc3C43c4ccccc4-c4c3ccc3c4sc4ccccc43)cc2)cc1. The van der Waals surface area contributed by atoms with E-state index in [0.717, 1.165) is 34.1 Å². The lowest BCUT2D eigenvalue weighted by Crippen LogP contribution is -2.26. The second-order valence-corrected chi connectivity index (χ2v) is 19.4. The van der Waals surface area contributed by atoms with Gasteiger partial charge in [-0.25, -0.2) is 0 Å². The van der Waals surface area contributed by atoms with E-state index in [1.807, 2.05) is 11.3 Å². The maximum Gasteiger partial charge on any atom is 0.0727 e. The second-order valence-electron chi connectivity index (χ2n) is 18.3. The van der Waals surface area contributed by atoms with Crippen LogP contribution in [0.15, 0.2) is 267 Å². The second kappa shape index (κ2) is 16.2. The summed E-state index contributed by atoms with van der Waals surface area (Å²) in [5.41, 5.74) is 21.1. The van der Waals surface area contributed by atoms with Crippen molar-refractivity contribution in [2.24, 2.45) is 0 Å². The fraction of sp³-hybridized carbons (Fsp3) is 0.0149. The molecule has 0 unspecified atom stereocenters. The van der Waals surface area contributed by atoms with Crippen LogP contribution in [0.4, 0.5) is 34.1 Å². The molecule has 328 valence electrons. The Morgan fingerprint density at radius 1 is 0.271 bits per heavy atom. The molecule has 1 heterocycles. The molecule has 2 nitrogen and oxygen atoms in total. The molecule has 0 aliphatic heterocycles. The Labute approximate surface area is 412 Å². The first kappa shape index (κ1) is 40.3. The first-order valence-electron chi connectivity index (χ1n) is 24.1. The lowest BCUT2D eigenvalue weighted by atomic mass is 9.70. The summed E-state index contributed by atoms with van der Waals surface area (Å²) in [5.74, 6) is 0. The van der Waals surface area contributed by atoms with Crippen LogP contribution in [0.5, 0.6) is 0 Å². The highest BCUT2D eigenvalue weighted by molar-refractivity contribution is 7.26. The van der Waals surface area contributed by atoms with Gasteiger partial charge in [-0.1, -0.05) is 200 Å². The number of benzene rings is 11. The maximum absolute atomic E-state index is 2.48.